The van der Waals surface area contributed by atoms with Gasteiger partial charge in [-0.1, -0.05) is 19.1 Å². The van der Waals surface area contributed by atoms with Gasteiger partial charge in [-0.3, -0.25) is 4.79 Å². The number of aromatic hydroxyl groups is 1. The molecule has 0 radical (unpaired) electrons. The average Bonchev–Trinajstić information content (AvgIpc) is 2.32. The highest BCUT2D eigenvalue weighted by molar-refractivity contribution is 5.71. The summed E-state index contributed by atoms with van der Waals surface area (Å²) in [4.78, 5) is 11.2. The van der Waals surface area contributed by atoms with E-state index in [4.69, 9.17) is 4.74 Å². The number of benzene rings is 1. The molecule has 0 saturated carbocycles. The van der Waals surface area contributed by atoms with Gasteiger partial charge in [-0.2, -0.15) is 0 Å². The van der Waals surface area contributed by atoms with Crippen molar-refractivity contribution < 1.29 is 14.6 Å². The lowest BCUT2D eigenvalue weighted by Crippen LogP contribution is -2.28. The molecule has 2 N–H and O–H groups in total. The van der Waals surface area contributed by atoms with E-state index in [-0.39, 0.29) is 24.3 Å². The third kappa shape index (κ3) is 4.44. The van der Waals surface area contributed by atoms with Crippen molar-refractivity contribution in [3.8, 4) is 5.75 Å². The molecule has 1 aromatic rings. The molecule has 0 aromatic heterocycles. The van der Waals surface area contributed by atoms with Gasteiger partial charge < -0.3 is 15.2 Å². The van der Waals surface area contributed by atoms with E-state index in [0.29, 0.717) is 6.61 Å². The number of carbonyl (C=O) groups is 1. The summed E-state index contributed by atoms with van der Waals surface area (Å²) >= 11 is 0. The van der Waals surface area contributed by atoms with Gasteiger partial charge in [0.15, 0.2) is 0 Å². The first-order chi connectivity index (χ1) is 8.17. The number of carbonyl (C=O) groups excluding carboxylic acids is 1. The predicted octanol–water partition coefficient (Wildman–Crippen LogP) is 2.00. The first kappa shape index (κ1) is 13.5. The summed E-state index contributed by atoms with van der Waals surface area (Å²) in [6.07, 6.45) is 0.865. The molecular formula is C13H19NO3. The largest absolute Gasteiger partial charge is 0.508 e. The van der Waals surface area contributed by atoms with Crippen molar-refractivity contribution in [2.75, 3.05) is 13.2 Å². The fourth-order valence-electron chi connectivity index (χ4n) is 1.62. The summed E-state index contributed by atoms with van der Waals surface area (Å²) in [6.45, 7) is 4.43. The molecule has 0 heterocycles. The van der Waals surface area contributed by atoms with E-state index in [0.717, 1.165) is 12.0 Å². The van der Waals surface area contributed by atoms with Crippen LogP contribution < -0.4 is 5.32 Å². The van der Waals surface area contributed by atoms with Crippen LogP contribution >= 0.6 is 0 Å². The zero-order valence-corrected chi connectivity index (χ0v) is 10.3. The molecule has 94 valence electrons. The van der Waals surface area contributed by atoms with Crippen LogP contribution in [0, 0.1) is 0 Å². The molecule has 0 amide bonds. The molecule has 0 spiro atoms. The number of phenols is 1. The Labute approximate surface area is 102 Å². The van der Waals surface area contributed by atoms with E-state index < -0.39 is 0 Å². The molecule has 4 nitrogen and oxygen atoms in total. The van der Waals surface area contributed by atoms with Crippen LogP contribution in [0.25, 0.3) is 0 Å². The average molecular weight is 237 g/mol. The number of ether oxygens (including phenoxy) is 1. The highest BCUT2D eigenvalue weighted by Gasteiger charge is 2.10. The SMILES string of the molecule is CCOC(=O)CNC(CC)c1ccc(O)cc1. The lowest BCUT2D eigenvalue weighted by atomic mass is 10.0. The van der Waals surface area contributed by atoms with Gasteiger partial charge in [0.2, 0.25) is 0 Å². The van der Waals surface area contributed by atoms with Crippen LogP contribution in [0.2, 0.25) is 0 Å². The normalized spacial score (nSPS) is 12.1. The quantitative estimate of drug-likeness (QED) is 0.743. The summed E-state index contributed by atoms with van der Waals surface area (Å²) in [6, 6.07) is 7.08. The fourth-order valence-corrected chi connectivity index (χ4v) is 1.62. The molecule has 0 aliphatic carbocycles. The van der Waals surface area contributed by atoms with E-state index in [2.05, 4.69) is 5.32 Å². The minimum Gasteiger partial charge on any atom is -0.508 e. The van der Waals surface area contributed by atoms with Gasteiger partial charge in [0.25, 0.3) is 0 Å². The van der Waals surface area contributed by atoms with Gasteiger partial charge in [0, 0.05) is 6.04 Å². The lowest BCUT2D eigenvalue weighted by Gasteiger charge is -2.16. The number of rotatable bonds is 6. The molecule has 1 unspecified atom stereocenters. The van der Waals surface area contributed by atoms with Crippen LogP contribution in [-0.4, -0.2) is 24.2 Å². The van der Waals surface area contributed by atoms with Crippen LogP contribution in [0.15, 0.2) is 24.3 Å². The van der Waals surface area contributed by atoms with Crippen LogP contribution in [-0.2, 0) is 9.53 Å². The van der Waals surface area contributed by atoms with Gasteiger partial charge in [-0.05, 0) is 31.0 Å². The Bertz CT molecular complexity index is 348. The Morgan fingerprint density at radius 2 is 2.00 bits per heavy atom. The maximum atomic E-state index is 11.2. The topological polar surface area (TPSA) is 58.6 Å². The van der Waals surface area contributed by atoms with Crippen LogP contribution in [0.3, 0.4) is 0 Å². The molecule has 1 rings (SSSR count). The van der Waals surface area contributed by atoms with Crippen molar-refractivity contribution in [2.24, 2.45) is 0 Å². The van der Waals surface area contributed by atoms with Gasteiger partial charge >= 0.3 is 5.97 Å². The van der Waals surface area contributed by atoms with Gasteiger partial charge in [0.05, 0.1) is 13.2 Å². The second-order valence-corrected chi connectivity index (χ2v) is 3.74. The molecule has 17 heavy (non-hydrogen) atoms. The number of phenolic OH excluding ortho intramolecular Hbond substituents is 1. The molecule has 0 bridgehead atoms. The predicted molar refractivity (Wildman–Crippen MR) is 65.8 cm³/mol. The minimum absolute atomic E-state index is 0.0972. The number of esters is 1. The fraction of sp³-hybridized carbons (Fsp3) is 0.462. The van der Waals surface area contributed by atoms with Gasteiger partial charge in [-0.15, -0.1) is 0 Å². The number of hydrogen-bond acceptors (Lipinski definition) is 4. The maximum absolute atomic E-state index is 11.2. The zero-order chi connectivity index (χ0) is 12.7. The molecule has 1 atom stereocenters. The van der Waals surface area contributed by atoms with Crippen molar-refractivity contribution >= 4 is 5.97 Å². The molecule has 0 fully saturated rings. The third-order valence-electron chi connectivity index (χ3n) is 2.50. The first-order valence-corrected chi connectivity index (χ1v) is 5.85. The summed E-state index contributed by atoms with van der Waals surface area (Å²) in [5.74, 6) is -0.00118. The van der Waals surface area contributed by atoms with Crippen LogP contribution in [0.1, 0.15) is 31.9 Å². The molecule has 0 aliphatic heterocycles. The Morgan fingerprint density at radius 1 is 1.35 bits per heavy atom. The lowest BCUT2D eigenvalue weighted by molar-refractivity contribution is -0.142. The van der Waals surface area contributed by atoms with Crippen molar-refractivity contribution in [2.45, 2.75) is 26.3 Å². The van der Waals surface area contributed by atoms with Gasteiger partial charge in [-0.25, -0.2) is 0 Å². The van der Waals surface area contributed by atoms with Crippen molar-refractivity contribution in [1.29, 1.82) is 0 Å². The minimum atomic E-state index is -0.246. The molecule has 0 aliphatic rings. The van der Waals surface area contributed by atoms with Crippen LogP contribution in [0.4, 0.5) is 0 Å². The highest BCUT2D eigenvalue weighted by atomic mass is 16.5. The Hall–Kier alpha value is -1.55. The van der Waals surface area contributed by atoms with Gasteiger partial charge in [0.1, 0.15) is 5.75 Å². The third-order valence-corrected chi connectivity index (χ3v) is 2.50. The van der Waals surface area contributed by atoms with E-state index >= 15 is 0 Å². The monoisotopic (exact) mass is 237 g/mol. The van der Waals surface area contributed by atoms with Crippen LogP contribution in [0.5, 0.6) is 5.75 Å². The standard InChI is InChI=1S/C13H19NO3/c1-3-12(14-9-13(16)17-4-2)10-5-7-11(15)8-6-10/h5-8,12,14-15H,3-4,9H2,1-2H3. The summed E-state index contributed by atoms with van der Waals surface area (Å²) < 4.78 is 4.85. The zero-order valence-electron chi connectivity index (χ0n) is 10.3. The summed E-state index contributed by atoms with van der Waals surface area (Å²) in [7, 11) is 0. The second-order valence-electron chi connectivity index (χ2n) is 3.74. The second kappa shape index (κ2) is 6.91. The Balaban J connectivity index is 2.54. The van der Waals surface area contributed by atoms with Crippen molar-refractivity contribution in [1.82, 2.24) is 5.32 Å². The Kier molecular flexibility index (Phi) is 5.49. The summed E-state index contributed by atoms with van der Waals surface area (Å²) in [5, 5.41) is 12.3. The molecule has 4 heteroatoms. The van der Waals surface area contributed by atoms with E-state index in [1.807, 2.05) is 19.1 Å². The highest BCUT2D eigenvalue weighted by Crippen LogP contribution is 2.19. The summed E-state index contributed by atoms with van der Waals surface area (Å²) in [5.41, 5.74) is 1.05. The molecular weight excluding hydrogens is 218 g/mol. The van der Waals surface area contributed by atoms with Crippen molar-refractivity contribution in [3.63, 3.8) is 0 Å². The smallest absolute Gasteiger partial charge is 0.319 e. The van der Waals surface area contributed by atoms with E-state index in [1.54, 1.807) is 19.1 Å². The molecule has 0 saturated heterocycles. The van der Waals surface area contributed by atoms with E-state index in [1.165, 1.54) is 0 Å². The number of hydrogen-bond donors (Lipinski definition) is 2. The molecule has 1 aromatic carbocycles. The van der Waals surface area contributed by atoms with E-state index in [9.17, 15) is 9.90 Å². The van der Waals surface area contributed by atoms with Crippen molar-refractivity contribution in [3.05, 3.63) is 29.8 Å². The Morgan fingerprint density at radius 3 is 2.53 bits per heavy atom. The first-order valence-electron chi connectivity index (χ1n) is 5.85. The number of nitrogens with one attached hydrogen (secondary N) is 1. The maximum Gasteiger partial charge on any atom is 0.319 e.